The van der Waals surface area contributed by atoms with Gasteiger partial charge >= 0.3 is 0 Å². The molecule has 0 radical (unpaired) electrons. The molecule has 0 aliphatic heterocycles. The number of hydrogen-bond acceptors (Lipinski definition) is 4. The van der Waals surface area contributed by atoms with Crippen LogP contribution in [0, 0.1) is 6.92 Å². The summed E-state index contributed by atoms with van der Waals surface area (Å²) in [6, 6.07) is 6.58. The Hall–Kier alpha value is -1.88. The van der Waals surface area contributed by atoms with Crippen molar-refractivity contribution in [3.05, 3.63) is 41.5 Å². The predicted octanol–water partition coefficient (Wildman–Crippen LogP) is 2.41. The molecule has 1 heterocycles. The van der Waals surface area contributed by atoms with Crippen molar-refractivity contribution in [3.63, 3.8) is 0 Å². The van der Waals surface area contributed by atoms with E-state index in [-0.39, 0.29) is 6.04 Å². The molecular formula is C15H22N4O. The fourth-order valence-electron chi connectivity index (χ4n) is 2.21. The van der Waals surface area contributed by atoms with Gasteiger partial charge in [0, 0.05) is 18.0 Å². The van der Waals surface area contributed by atoms with E-state index in [1.165, 1.54) is 11.1 Å². The lowest BCUT2D eigenvalue weighted by Gasteiger charge is -2.17. The number of methoxy groups -OCH3 is 1. The SMILES string of the molecule is COc1cc(C)ccc1C(C)NCCCc1ncn[nH]1. The highest BCUT2D eigenvalue weighted by Crippen LogP contribution is 2.25. The number of aryl methyl sites for hydroxylation is 2. The Bertz CT molecular complexity index is 525. The molecule has 0 fully saturated rings. The van der Waals surface area contributed by atoms with Crippen LogP contribution >= 0.6 is 0 Å². The van der Waals surface area contributed by atoms with Crippen molar-refractivity contribution >= 4 is 0 Å². The van der Waals surface area contributed by atoms with Gasteiger partial charge < -0.3 is 10.1 Å². The maximum Gasteiger partial charge on any atom is 0.137 e. The summed E-state index contributed by atoms with van der Waals surface area (Å²) in [5.74, 6) is 1.88. The summed E-state index contributed by atoms with van der Waals surface area (Å²) in [6.07, 6.45) is 3.47. The lowest BCUT2D eigenvalue weighted by atomic mass is 10.0. The number of nitrogens with zero attached hydrogens (tertiary/aromatic N) is 2. The number of H-pyrrole nitrogens is 1. The summed E-state index contributed by atoms with van der Waals surface area (Å²) in [7, 11) is 1.72. The number of aromatic amines is 1. The second kappa shape index (κ2) is 7.05. The third kappa shape index (κ3) is 3.81. The third-order valence-electron chi connectivity index (χ3n) is 3.36. The van der Waals surface area contributed by atoms with Crippen molar-refractivity contribution in [2.24, 2.45) is 0 Å². The van der Waals surface area contributed by atoms with Gasteiger partial charge in [-0.1, -0.05) is 12.1 Å². The van der Waals surface area contributed by atoms with E-state index in [0.717, 1.165) is 31.0 Å². The number of nitrogens with one attached hydrogen (secondary N) is 2. The molecule has 1 atom stereocenters. The average Bonchev–Trinajstić information content (AvgIpc) is 2.96. The number of benzene rings is 1. The van der Waals surface area contributed by atoms with Crippen molar-refractivity contribution in [2.75, 3.05) is 13.7 Å². The van der Waals surface area contributed by atoms with Crippen LogP contribution in [0.4, 0.5) is 0 Å². The van der Waals surface area contributed by atoms with Gasteiger partial charge in [0.15, 0.2) is 0 Å². The molecule has 108 valence electrons. The maximum absolute atomic E-state index is 5.45. The summed E-state index contributed by atoms with van der Waals surface area (Å²) in [5.41, 5.74) is 2.40. The molecule has 2 N–H and O–H groups in total. The lowest BCUT2D eigenvalue weighted by Crippen LogP contribution is -2.21. The van der Waals surface area contributed by atoms with Gasteiger partial charge in [-0.2, -0.15) is 5.10 Å². The number of hydrogen-bond donors (Lipinski definition) is 2. The maximum atomic E-state index is 5.45. The highest BCUT2D eigenvalue weighted by atomic mass is 16.5. The molecule has 1 unspecified atom stereocenters. The van der Waals surface area contributed by atoms with E-state index >= 15 is 0 Å². The van der Waals surface area contributed by atoms with Crippen molar-refractivity contribution < 1.29 is 4.74 Å². The summed E-state index contributed by atoms with van der Waals surface area (Å²) < 4.78 is 5.45. The van der Waals surface area contributed by atoms with Gasteiger partial charge in [0.2, 0.25) is 0 Å². The summed E-state index contributed by atoms with van der Waals surface area (Å²) >= 11 is 0. The van der Waals surface area contributed by atoms with Crippen LogP contribution in [-0.4, -0.2) is 28.8 Å². The Morgan fingerprint density at radius 1 is 1.40 bits per heavy atom. The van der Waals surface area contributed by atoms with Crippen LogP contribution in [0.25, 0.3) is 0 Å². The summed E-state index contributed by atoms with van der Waals surface area (Å²) in [4.78, 5) is 4.11. The van der Waals surface area contributed by atoms with Crippen molar-refractivity contribution in [2.45, 2.75) is 32.7 Å². The molecule has 0 saturated heterocycles. The molecule has 0 saturated carbocycles. The molecule has 0 aliphatic rings. The monoisotopic (exact) mass is 274 g/mol. The molecule has 0 spiro atoms. The van der Waals surface area contributed by atoms with Gasteiger partial charge in [0.05, 0.1) is 7.11 Å². The van der Waals surface area contributed by atoms with Gasteiger partial charge in [-0.3, -0.25) is 5.10 Å². The molecule has 1 aromatic carbocycles. The van der Waals surface area contributed by atoms with Crippen molar-refractivity contribution in [1.29, 1.82) is 0 Å². The standard InChI is InChI=1S/C15H22N4O/c1-11-6-7-13(14(9-11)20-3)12(2)16-8-4-5-15-17-10-18-19-15/h6-7,9-10,12,16H,4-5,8H2,1-3H3,(H,17,18,19). The first kappa shape index (κ1) is 14.5. The quantitative estimate of drug-likeness (QED) is 0.761. The third-order valence-corrected chi connectivity index (χ3v) is 3.36. The zero-order valence-corrected chi connectivity index (χ0v) is 12.3. The van der Waals surface area contributed by atoms with Crippen LogP contribution in [0.2, 0.25) is 0 Å². The zero-order valence-electron chi connectivity index (χ0n) is 12.3. The van der Waals surface area contributed by atoms with E-state index in [1.54, 1.807) is 13.4 Å². The summed E-state index contributed by atoms with van der Waals surface area (Å²) in [6.45, 7) is 5.16. The fourth-order valence-corrected chi connectivity index (χ4v) is 2.21. The number of ether oxygens (including phenoxy) is 1. The Morgan fingerprint density at radius 2 is 2.25 bits per heavy atom. The van der Waals surface area contributed by atoms with Gasteiger partial charge in [0.25, 0.3) is 0 Å². The second-order valence-electron chi connectivity index (χ2n) is 4.96. The van der Waals surface area contributed by atoms with Crippen LogP contribution in [-0.2, 0) is 6.42 Å². The molecule has 20 heavy (non-hydrogen) atoms. The fraction of sp³-hybridized carbons (Fsp3) is 0.467. The summed E-state index contributed by atoms with van der Waals surface area (Å²) in [5, 5.41) is 10.2. The Balaban J connectivity index is 1.83. The van der Waals surface area contributed by atoms with Gasteiger partial charge in [-0.25, -0.2) is 4.98 Å². The molecule has 0 bridgehead atoms. The van der Waals surface area contributed by atoms with Gasteiger partial charge in [-0.15, -0.1) is 0 Å². The van der Waals surface area contributed by atoms with E-state index in [1.807, 2.05) is 0 Å². The van der Waals surface area contributed by atoms with Crippen LogP contribution in [0.15, 0.2) is 24.5 Å². The molecule has 5 heteroatoms. The Morgan fingerprint density at radius 3 is 2.95 bits per heavy atom. The molecule has 2 rings (SSSR count). The lowest BCUT2D eigenvalue weighted by molar-refractivity contribution is 0.401. The minimum atomic E-state index is 0.264. The smallest absolute Gasteiger partial charge is 0.137 e. The first-order valence-corrected chi connectivity index (χ1v) is 6.93. The van der Waals surface area contributed by atoms with Crippen LogP contribution in [0.5, 0.6) is 5.75 Å². The highest BCUT2D eigenvalue weighted by molar-refractivity contribution is 5.38. The van der Waals surface area contributed by atoms with E-state index in [4.69, 9.17) is 4.74 Å². The Labute approximate surface area is 119 Å². The van der Waals surface area contributed by atoms with Crippen LogP contribution in [0.1, 0.15) is 36.3 Å². The van der Waals surface area contributed by atoms with Crippen LogP contribution < -0.4 is 10.1 Å². The Kier molecular flexibility index (Phi) is 5.12. The first-order chi connectivity index (χ1) is 9.70. The van der Waals surface area contributed by atoms with Crippen molar-refractivity contribution in [3.8, 4) is 5.75 Å². The van der Waals surface area contributed by atoms with E-state index in [0.29, 0.717) is 0 Å². The number of rotatable bonds is 7. The molecule has 2 aromatic rings. The topological polar surface area (TPSA) is 62.8 Å². The number of aromatic nitrogens is 3. The normalized spacial score (nSPS) is 12.3. The molecule has 1 aromatic heterocycles. The average molecular weight is 274 g/mol. The molecular weight excluding hydrogens is 252 g/mol. The predicted molar refractivity (Wildman–Crippen MR) is 78.9 cm³/mol. The van der Waals surface area contributed by atoms with Gasteiger partial charge in [0.1, 0.15) is 17.9 Å². The molecule has 0 aliphatic carbocycles. The second-order valence-corrected chi connectivity index (χ2v) is 4.96. The van der Waals surface area contributed by atoms with Crippen LogP contribution in [0.3, 0.4) is 0 Å². The highest BCUT2D eigenvalue weighted by Gasteiger charge is 2.10. The van der Waals surface area contributed by atoms with E-state index < -0.39 is 0 Å². The first-order valence-electron chi connectivity index (χ1n) is 6.93. The minimum absolute atomic E-state index is 0.264. The minimum Gasteiger partial charge on any atom is -0.496 e. The zero-order chi connectivity index (χ0) is 14.4. The molecule has 0 amide bonds. The molecule has 5 nitrogen and oxygen atoms in total. The van der Waals surface area contributed by atoms with E-state index in [9.17, 15) is 0 Å². The van der Waals surface area contributed by atoms with Crippen molar-refractivity contribution in [1.82, 2.24) is 20.5 Å². The van der Waals surface area contributed by atoms with E-state index in [2.05, 4.69) is 52.5 Å². The van der Waals surface area contributed by atoms with Gasteiger partial charge in [-0.05, 0) is 38.4 Å². The largest absolute Gasteiger partial charge is 0.496 e.